The Hall–Kier alpha value is -0.463. The van der Waals surface area contributed by atoms with Crippen LogP contribution in [0, 0.1) is 7.43 Å². The number of carbonyl (C=O) groups excluding carboxylic acids is 1. The standard InChI is InChI=1S/C4H6O4.CH3.Li/c1-3(5)8-2-4(6)7;;/h2H2,1H3,(H,6,7);1H3;/q;-1;+1. The van der Waals surface area contributed by atoms with E-state index in [1.54, 1.807) is 0 Å². The van der Waals surface area contributed by atoms with Crippen LogP contribution in [0.15, 0.2) is 0 Å². The normalized spacial score (nSPS) is 6.50. The fourth-order valence-corrected chi connectivity index (χ4v) is 0.163. The SMILES string of the molecule is CC(=O)OCC(=O)O.[CH3-].[Li+]. The van der Waals surface area contributed by atoms with Crippen LogP contribution in [0.5, 0.6) is 0 Å². The largest absolute Gasteiger partial charge is 1.00 e. The summed E-state index contributed by atoms with van der Waals surface area (Å²) in [7, 11) is 0. The molecule has 5 heteroatoms. The van der Waals surface area contributed by atoms with Crippen LogP contribution in [0.4, 0.5) is 0 Å². The van der Waals surface area contributed by atoms with Gasteiger partial charge in [0, 0.05) is 6.92 Å². The molecule has 0 heterocycles. The van der Waals surface area contributed by atoms with Gasteiger partial charge in [-0.3, -0.25) is 4.79 Å². The van der Waals surface area contributed by atoms with Gasteiger partial charge in [-0.15, -0.1) is 0 Å². The second-order valence-corrected chi connectivity index (χ2v) is 1.17. The second kappa shape index (κ2) is 8.54. The van der Waals surface area contributed by atoms with Crippen LogP contribution in [0.1, 0.15) is 6.92 Å². The molecule has 0 spiro atoms. The summed E-state index contributed by atoms with van der Waals surface area (Å²) in [6.07, 6.45) is 0. The van der Waals surface area contributed by atoms with Crippen LogP contribution < -0.4 is 18.9 Å². The molecule has 0 bridgehead atoms. The Morgan fingerprint density at radius 2 is 1.90 bits per heavy atom. The number of ether oxygens (including phenoxy) is 1. The monoisotopic (exact) mass is 140 g/mol. The Labute approximate surface area is 71.7 Å². The molecule has 1 N–H and O–H groups in total. The fourth-order valence-electron chi connectivity index (χ4n) is 0.163. The minimum Gasteiger partial charge on any atom is -0.479 e. The van der Waals surface area contributed by atoms with Gasteiger partial charge in [-0.05, 0) is 0 Å². The molecule has 0 fully saturated rings. The van der Waals surface area contributed by atoms with Crippen molar-refractivity contribution in [1.29, 1.82) is 0 Å². The number of esters is 1. The van der Waals surface area contributed by atoms with Crippen molar-refractivity contribution in [2.45, 2.75) is 6.92 Å². The van der Waals surface area contributed by atoms with Gasteiger partial charge in [0.25, 0.3) is 0 Å². The summed E-state index contributed by atoms with van der Waals surface area (Å²) in [4.78, 5) is 19.5. The average Bonchev–Trinajstić information content (AvgIpc) is 1.61. The first-order valence-corrected chi connectivity index (χ1v) is 1.98. The summed E-state index contributed by atoms with van der Waals surface area (Å²) in [6.45, 7) is 0.609. The van der Waals surface area contributed by atoms with Gasteiger partial charge >= 0.3 is 30.8 Å². The molecule has 0 amide bonds. The molecule has 10 heavy (non-hydrogen) atoms. The van der Waals surface area contributed by atoms with E-state index in [4.69, 9.17) is 5.11 Å². The van der Waals surface area contributed by atoms with Crippen LogP contribution in [-0.2, 0) is 14.3 Å². The number of carboxylic acids is 1. The van der Waals surface area contributed by atoms with E-state index >= 15 is 0 Å². The molecule has 0 aliphatic carbocycles. The zero-order valence-corrected chi connectivity index (χ0v) is 6.38. The van der Waals surface area contributed by atoms with Gasteiger partial charge in [0.2, 0.25) is 0 Å². The van der Waals surface area contributed by atoms with E-state index in [1.165, 1.54) is 0 Å². The van der Waals surface area contributed by atoms with Crippen molar-refractivity contribution in [2.75, 3.05) is 6.61 Å². The molecule has 4 nitrogen and oxygen atoms in total. The summed E-state index contributed by atoms with van der Waals surface area (Å²) < 4.78 is 4.06. The molecule has 0 aromatic rings. The minimum atomic E-state index is -1.14. The molecule has 0 aliphatic heterocycles. The van der Waals surface area contributed by atoms with Gasteiger partial charge in [0.15, 0.2) is 6.61 Å². The Bertz CT molecular complexity index is 98.2. The molecule has 0 atom stereocenters. The first-order valence-electron chi connectivity index (χ1n) is 1.98. The van der Waals surface area contributed by atoms with Gasteiger partial charge in [-0.2, -0.15) is 0 Å². The van der Waals surface area contributed by atoms with E-state index in [0.29, 0.717) is 0 Å². The summed E-state index contributed by atoms with van der Waals surface area (Å²) >= 11 is 0. The molecule has 0 rings (SSSR count). The van der Waals surface area contributed by atoms with E-state index in [1.807, 2.05) is 0 Å². The van der Waals surface area contributed by atoms with Gasteiger partial charge in [0.1, 0.15) is 0 Å². The summed E-state index contributed by atoms with van der Waals surface area (Å²) in [5, 5.41) is 7.89. The van der Waals surface area contributed by atoms with Crippen molar-refractivity contribution < 1.29 is 38.3 Å². The van der Waals surface area contributed by atoms with Crippen molar-refractivity contribution in [3.8, 4) is 0 Å². The second-order valence-electron chi connectivity index (χ2n) is 1.17. The van der Waals surface area contributed by atoms with E-state index in [9.17, 15) is 9.59 Å². The minimum absolute atomic E-state index is 0. The Balaban J connectivity index is -0.000000245. The van der Waals surface area contributed by atoms with Crippen LogP contribution in [0.3, 0.4) is 0 Å². The number of hydrogen-bond acceptors (Lipinski definition) is 3. The molecule has 0 aromatic carbocycles. The van der Waals surface area contributed by atoms with Crippen molar-refractivity contribution in [2.24, 2.45) is 0 Å². The van der Waals surface area contributed by atoms with Crippen molar-refractivity contribution in [3.05, 3.63) is 7.43 Å². The Morgan fingerprint density at radius 1 is 1.50 bits per heavy atom. The molecule has 0 saturated heterocycles. The third-order valence-electron chi connectivity index (χ3n) is 0.399. The molecule has 0 aliphatic rings. The van der Waals surface area contributed by atoms with Gasteiger partial charge < -0.3 is 17.3 Å². The molecular weight excluding hydrogens is 131 g/mol. The summed E-state index contributed by atoms with van der Waals surface area (Å²) in [6, 6.07) is 0. The predicted octanol–water partition coefficient (Wildman–Crippen LogP) is -2.91. The number of hydrogen-bond donors (Lipinski definition) is 1. The van der Waals surface area contributed by atoms with Crippen molar-refractivity contribution in [3.63, 3.8) is 0 Å². The van der Waals surface area contributed by atoms with E-state index in [0.717, 1.165) is 6.92 Å². The van der Waals surface area contributed by atoms with E-state index in [-0.39, 0.29) is 26.3 Å². The van der Waals surface area contributed by atoms with Crippen molar-refractivity contribution in [1.82, 2.24) is 0 Å². The van der Waals surface area contributed by atoms with Gasteiger partial charge in [-0.25, -0.2) is 4.79 Å². The topological polar surface area (TPSA) is 63.6 Å². The predicted molar refractivity (Wildman–Crippen MR) is 30.7 cm³/mol. The molecule has 0 saturated carbocycles. The van der Waals surface area contributed by atoms with Crippen LogP contribution in [0.2, 0.25) is 0 Å². The molecule has 54 valence electrons. The maximum absolute atomic E-state index is 9.86. The third-order valence-corrected chi connectivity index (χ3v) is 0.399. The van der Waals surface area contributed by atoms with Gasteiger partial charge in [-0.1, -0.05) is 0 Å². The van der Waals surface area contributed by atoms with Crippen LogP contribution in [0.25, 0.3) is 0 Å². The molecule has 0 aromatic heterocycles. The van der Waals surface area contributed by atoms with Crippen LogP contribution in [-0.4, -0.2) is 23.7 Å². The number of aliphatic carboxylic acids is 1. The van der Waals surface area contributed by atoms with E-state index < -0.39 is 18.5 Å². The average molecular weight is 140 g/mol. The van der Waals surface area contributed by atoms with Crippen LogP contribution >= 0.6 is 0 Å². The maximum atomic E-state index is 9.86. The van der Waals surface area contributed by atoms with Crippen molar-refractivity contribution >= 4 is 11.9 Å². The number of carbonyl (C=O) groups is 2. The quantitative estimate of drug-likeness (QED) is 0.253. The molecule has 0 radical (unpaired) electrons. The first kappa shape index (κ1) is 16.3. The smallest absolute Gasteiger partial charge is 0.479 e. The van der Waals surface area contributed by atoms with E-state index in [2.05, 4.69) is 4.74 Å². The number of carboxylic acid groups (broad SMARTS) is 1. The summed E-state index contributed by atoms with van der Waals surface area (Å²) in [5.41, 5.74) is 0. The Kier molecular flexibility index (Phi) is 13.9. The zero-order valence-electron chi connectivity index (χ0n) is 6.38. The number of rotatable bonds is 2. The third kappa shape index (κ3) is 15.6. The Morgan fingerprint density at radius 3 is 2.00 bits per heavy atom. The fraction of sp³-hybridized carbons (Fsp3) is 0.400. The zero-order chi connectivity index (χ0) is 6.57. The molecular formula is C5H9LiO4. The first-order chi connectivity index (χ1) is 3.63. The maximum Gasteiger partial charge on any atom is 1.00 e. The summed E-state index contributed by atoms with van der Waals surface area (Å²) in [5.74, 6) is -1.72. The van der Waals surface area contributed by atoms with Gasteiger partial charge in [0.05, 0.1) is 0 Å². The molecule has 0 unspecified atom stereocenters.